The molecule has 17 heavy (non-hydrogen) atoms. The zero-order chi connectivity index (χ0) is 12.7. The summed E-state index contributed by atoms with van der Waals surface area (Å²) in [5.41, 5.74) is 1.79. The van der Waals surface area contributed by atoms with E-state index in [1.165, 1.54) is 31.2 Å². The maximum atomic E-state index is 3.57. The van der Waals surface area contributed by atoms with Gasteiger partial charge in [0.2, 0.25) is 0 Å². The standard InChI is InChI=1S/C15H28N2/c1-5-6-7-9-15(2,3)13-16-11-14-8-10-17(4)12-14/h8,10,12,16H,5-7,9,11,13H2,1-4H3. The van der Waals surface area contributed by atoms with Gasteiger partial charge in [0.25, 0.3) is 0 Å². The van der Waals surface area contributed by atoms with Crippen LogP contribution in [0.25, 0.3) is 0 Å². The average Bonchev–Trinajstić information content (AvgIpc) is 2.64. The third-order valence-corrected chi connectivity index (χ3v) is 3.28. The number of aryl methyl sites for hydroxylation is 1. The molecular formula is C15H28N2. The molecule has 2 nitrogen and oxygen atoms in total. The van der Waals surface area contributed by atoms with Gasteiger partial charge in [0.1, 0.15) is 0 Å². The molecule has 0 fully saturated rings. The van der Waals surface area contributed by atoms with Crippen molar-refractivity contribution in [1.29, 1.82) is 0 Å². The van der Waals surface area contributed by atoms with E-state index in [1.54, 1.807) is 0 Å². The van der Waals surface area contributed by atoms with Crippen molar-refractivity contribution in [3.63, 3.8) is 0 Å². The summed E-state index contributed by atoms with van der Waals surface area (Å²) in [6.07, 6.45) is 9.63. The van der Waals surface area contributed by atoms with Crippen molar-refractivity contribution in [3.8, 4) is 0 Å². The highest BCUT2D eigenvalue weighted by Gasteiger charge is 2.16. The molecule has 1 N–H and O–H groups in total. The van der Waals surface area contributed by atoms with Crippen LogP contribution in [0.15, 0.2) is 18.5 Å². The van der Waals surface area contributed by atoms with Gasteiger partial charge < -0.3 is 9.88 Å². The second kappa shape index (κ2) is 6.85. The van der Waals surface area contributed by atoms with Crippen molar-refractivity contribution in [3.05, 3.63) is 24.0 Å². The highest BCUT2D eigenvalue weighted by Crippen LogP contribution is 2.22. The minimum Gasteiger partial charge on any atom is -0.357 e. The van der Waals surface area contributed by atoms with Crippen molar-refractivity contribution < 1.29 is 0 Å². The van der Waals surface area contributed by atoms with Crippen LogP contribution in [-0.2, 0) is 13.6 Å². The third-order valence-electron chi connectivity index (χ3n) is 3.28. The lowest BCUT2D eigenvalue weighted by Gasteiger charge is -2.25. The first kappa shape index (κ1) is 14.3. The Morgan fingerprint density at radius 2 is 2.06 bits per heavy atom. The molecule has 0 unspecified atom stereocenters. The van der Waals surface area contributed by atoms with Gasteiger partial charge in [-0.15, -0.1) is 0 Å². The van der Waals surface area contributed by atoms with Gasteiger partial charge in [0.15, 0.2) is 0 Å². The van der Waals surface area contributed by atoms with Crippen LogP contribution in [0.5, 0.6) is 0 Å². The number of hydrogen-bond acceptors (Lipinski definition) is 1. The molecule has 0 aliphatic heterocycles. The Morgan fingerprint density at radius 1 is 1.29 bits per heavy atom. The molecule has 0 saturated carbocycles. The van der Waals surface area contributed by atoms with Crippen LogP contribution in [0, 0.1) is 5.41 Å². The summed E-state index contributed by atoms with van der Waals surface area (Å²) in [6.45, 7) is 9.08. The van der Waals surface area contributed by atoms with Gasteiger partial charge in [-0.1, -0.05) is 40.0 Å². The zero-order valence-corrected chi connectivity index (χ0v) is 11.9. The summed E-state index contributed by atoms with van der Waals surface area (Å²) in [5.74, 6) is 0. The van der Waals surface area contributed by atoms with Crippen LogP contribution in [0.4, 0.5) is 0 Å². The van der Waals surface area contributed by atoms with E-state index in [9.17, 15) is 0 Å². The quantitative estimate of drug-likeness (QED) is 0.681. The Balaban J connectivity index is 2.20. The van der Waals surface area contributed by atoms with Crippen molar-refractivity contribution in [2.45, 2.75) is 53.0 Å². The first-order valence-electron chi connectivity index (χ1n) is 6.85. The molecular weight excluding hydrogens is 208 g/mol. The Morgan fingerprint density at radius 3 is 2.65 bits per heavy atom. The van der Waals surface area contributed by atoms with Crippen LogP contribution < -0.4 is 5.32 Å². The maximum absolute atomic E-state index is 3.57. The molecule has 98 valence electrons. The van der Waals surface area contributed by atoms with Crippen molar-refractivity contribution in [1.82, 2.24) is 9.88 Å². The highest BCUT2D eigenvalue weighted by molar-refractivity contribution is 5.09. The third kappa shape index (κ3) is 5.92. The van der Waals surface area contributed by atoms with E-state index in [0.29, 0.717) is 5.41 Å². The second-order valence-electron chi connectivity index (χ2n) is 5.91. The maximum Gasteiger partial charge on any atom is 0.0220 e. The van der Waals surface area contributed by atoms with E-state index in [4.69, 9.17) is 0 Å². The molecule has 1 heterocycles. The van der Waals surface area contributed by atoms with E-state index >= 15 is 0 Å². The molecule has 2 heteroatoms. The fraction of sp³-hybridized carbons (Fsp3) is 0.733. The topological polar surface area (TPSA) is 17.0 Å². The lowest BCUT2D eigenvalue weighted by molar-refractivity contribution is 0.302. The summed E-state index contributed by atoms with van der Waals surface area (Å²) in [4.78, 5) is 0. The van der Waals surface area contributed by atoms with Crippen LogP contribution in [-0.4, -0.2) is 11.1 Å². The predicted molar refractivity (Wildman–Crippen MR) is 75.0 cm³/mol. The summed E-state index contributed by atoms with van der Waals surface area (Å²) in [5, 5.41) is 3.57. The van der Waals surface area contributed by atoms with Crippen LogP contribution in [0.1, 0.15) is 52.0 Å². The van der Waals surface area contributed by atoms with Gasteiger partial charge >= 0.3 is 0 Å². The Hall–Kier alpha value is -0.760. The molecule has 0 aromatic carbocycles. The molecule has 0 spiro atoms. The minimum atomic E-state index is 0.421. The van der Waals surface area contributed by atoms with Gasteiger partial charge in [0, 0.05) is 32.5 Å². The Labute approximate surface area is 106 Å². The summed E-state index contributed by atoms with van der Waals surface area (Å²) in [7, 11) is 2.07. The van der Waals surface area contributed by atoms with Crippen LogP contribution in [0.3, 0.4) is 0 Å². The number of nitrogens with zero attached hydrogens (tertiary/aromatic N) is 1. The van der Waals surface area contributed by atoms with Crippen molar-refractivity contribution in [2.75, 3.05) is 6.54 Å². The largest absolute Gasteiger partial charge is 0.357 e. The monoisotopic (exact) mass is 236 g/mol. The zero-order valence-electron chi connectivity index (χ0n) is 11.9. The molecule has 0 aliphatic rings. The summed E-state index contributed by atoms with van der Waals surface area (Å²) >= 11 is 0. The molecule has 0 bridgehead atoms. The number of nitrogens with one attached hydrogen (secondary N) is 1. The summed E-state index contributed by atoms with van der Waals surface area (Å²) in [6, 6.07) is 2.18. The molecule has 1 rings (SSSR count). The van der Waals surface area contributed by atoms with Gasteiger partial charge in [-0.05, 0) is 23.5 Å². The highest BCUT2D eigenvalue weighted by atomic mass is 14.9. The Kier molecular flexibility index (Phi) is 5.76. The fourth-order valence-electron chi connectivity index (χ4n) is 2.15. The second-order valence-corrected chi connectivity index (χ2v) is 5.91. The molecule has 0 amide bonds. The minimum absolute atomic E-state index is 0.421. The fourth-order valence-corrected chi connectivity index (χ4v) is 2.15. The Bertz CT molecular complexity index is 312. The molecule has 0 atom stereocenters. The van der Waals surface area contributed by atoms with E-state index in [-0.39, 0.29) is 0 Å². The molecule has 0 saturated heterocycles. The number of rotatable bonds is 8. The van der Waals surface area contributed by atoms with Crippen molar-refractivity contribution >= 4 is 0 Å². The van der Waals surface area contributed by atoms with E-state index in [2.05, 4.69) is 56.2 Å². The normalized spacial score (nSPS) is 12.0. The van der Waals surface area contributed by atoms with Gasteiger partial charge in [-0.25, -0.2) is 0 Å². The lowest BCUT2D eigenvalue weighted by Crippen LogP contribution is -2.29. The van der Waals surface area contributed by atoms with E-state index < -0.39 is 0 Å². The van der Waals surface area contributed by atoms with E-state index in [0.717, 1.165) is 13.1 Å². The van der Waals surface area contributed by atoms with Gasteiger partial charge in [0.05, 0.1) is 0 Å². The first-order chi connectivity index (χ1) is 8.03. The molecule has 0 aliphatic carbocycles. The molecule has 0 radical (unpaired) electrons. The van der Waals surface area contributed by atoms with Crippen LogP contribution >= 0.6 is 0 Å². The smallest absolute Gasteiger partial charge is 0.0220 e. The van der Waals surface area contributed by atoms with Gasteiger partial charge in [-0.2, -0.15) is 0 Å². The lowest BCUT2D eigenvalue weighted by atomic mass is 9.87. The first-order valence-corrected chi connectivity index (χ1v) is 6.85. The number of aromatic nitrogens is 1. The number of unbranched alkanes of at least 4 members (excludes halogenated alkanes) is 2. The van der Waals surface area contributed by atoms with Crippen LogP contribution in [0.2, 0.25) is 0 Å². The molecule has 1 aromatic heterocycles. The molecule has 1 aromatic rings. The summed E-state index contributed by atoms with van der Waals surface area (Å²) < 4.78 is 2.10. The average molecular weight is 236 g/mol. The van der Waals surface area contributed by atoms with Gasteiger partial charge in [-0.3, -0.25) is 0 Å². The SMILES string of the molecule is CCCCCC(C)(C)CNCc1ccn(C)c1. The number of hydrogen-bond donors (Lipinski definition) is 1. The van der Waals surface area contributed by atoms with Crippen molar-refractivity contribution in [2.24, 2.45) is 12.5 Å². The predicted octanol–water partition coefficient (Wildman–Crippen LogP) is 3.72. The van der Waals surface area contributed by atoms with E-state index in [1.807, 2.05) is 0 Å².